The van der Waals surface area contributed by atoms with Gasteiger partial charge in [0, 0.05) is 22.4 Å². The van der Waals surface area contributed by atoms with Gasteiger partial charge < -0.3 is 10.1 Å². The maximum Gasteiger partial charge on any atom is 0.234 e. The summed E-state index contributed by atoms with van der Waals surface area (Å²) in [6.07, 6.45) is 4.67. The Bertz CT molecular complexity index is 1140. The molecule has 1 aromatic carbocycles. The summed E-state index contributed by atoms with van der Waals surface area (Å²) in [5.74, 6) is 2.51. The number of carbonyl (C=O) groups is 1. The molecule has 0 radical (unpaired) electrons. The van der Waals surface area contributed by atoms with Crippen LogP contribution in [0, 0.1) is 0 Å². The van der Waals surface area contributed by atoms with Gasteiger partial charge in [-0.15, -0.1) is 0 Å². The Morgan fingerprint density at radius 3 is 2.75 bits per heavy atom. The zero-order chi connectivity index (χ0) is 25.4. The second-order valence-corrected chi connectivity index (χ2v) is 12.4. The second kappa shape index (κ2) is 10.1. The molecule has 0 unspecified atom stereocenters. The predicted octanol–water partition coefficient (Wildman–Crippen LogP) is 4.62. The van der Waals surface area contributed by atoms with Crippen LogP contribution >= 0.6 is 11.9 Å². The van der Waals surface area contributed by atoms with Crippen molar-refractivity contribution < 1.29 is 9.53 Å². The third-order valence-electron chi connectivity index (χ3n) is 6.98. The fraction of sp³-hybridized carbons (Fsp3) is 0.593. The fourth-order valence-electron chi connectivity index (χ4n) is 5.28. The third-order valence-corrected chi connectivity index (χ3v) is 8.17. The number of amides is 1. The predicted molar refractivity (Wildman–Crippen MR) is 145 cm³/mol. The summed E-state index contributed by atoms with van der Waals surface area (Å²) in [5.41, 5.74) is 3.71. The lowest BCUT2D eigenvalue weighted by Crippen LogP contribution is -2.47. The molecule has 5 rings (SSSR count). The lowest BCUT2D eigenvalue weighted by atomic mass is 9.88. The van der Waals surface area contributed by atoms with E-state index in [-0.39, 0.29) is 17.5 Å². The van der Waals surface area contributed by atoms with Crippen LogP contribution in [0.4, 0.5) is 5.95 Å². The fourth-order valence-corrected chi connectivity index (χ4v) is 6.41. The molecule has 1 amide bonds. The molecule has 0 aliphatic carbocycles. The number of nitrogens with zero attached hydrogens (tertiary/aromatic N) is 5. The largest absolute Gasteiger partial charge is 0.493 e. The maximum atomic E-state index is 12.3. The van der Waals surface area contributed by atoms with Gasteiger partial charge in [-0.2, -0.15) is 10.1 Å². The summed E-state index contributed by atoms with van der Waals surface area (Å²) < 4.78 is 10.5. The molecule has 3 aliphatic heterocycles. The molecular formula is C27H38N6O2S. The van der Waals surface area contributed by atoms with Crippen molar-refractivity contribution >= 4 is 29.4 Å². The summed E-state index contributed by atoms with van der Waals surface area (Å²) in [7, 11) is 0. The number of anilines is 1. The molecule has 1 N–H and O–H groups in total. The van der Waals surface area contributed by atoms with Gasteiger partial charge in [-0.3, -0.25) is 14.0 Å². The van der Waals surface area contributed by atoms with E-state index in [4.69, 9.17) is 4.74 Å². The van der Waals surface area contributed by atoms with Crippen molar-refractivity contribution in [2.24, 2.45) is 0 Å². The summed E-state index contributed by atoms with van der Waals surface area (Å²) in [4.78, 5) is 20.5. The van der Waals surface area contributed by atoms with Crippen LogP contribution in [0.5, 0.6) is 5.75 Å². The van der Waals surface area contributed by atoms with Crippen LogP contribution in [0.25, 0.3) is 5.57 Å². The average Bonchev–Trinajstić information content (AvgIpc) is 3.42. The minimum absolute atomic E-state index is 0.110. The first-order valence-electron chi connectivity index (χ1n) is 13.1. The minimum Gasteiger partial charge on any atom is -0.493 e. The zero-order valence-corrected chi connectivity index (χ0v) is 22.9. The number of carbonyl (C=O) groups excluding carboxylic acids is 1. The molecular weight excluding hydrogens is 472 g/mol. The number of hydrogen-bond donors (Lipinski definition) is 1. The molecule has 3 aliphatic rings. The quantitative estimate of drug-likeness (QED) is 0.589. The van der Waals surface area contributed by atoms with E-state index in [1.165, 1.54) is 21.6 Å². The second-order valence-electron chi connectivity index (χ2n) is 11.3. The number of nitrogens with one attached hydrogen (secondary N) is 1. The minimum atomic E-state index is -0.187. The highest BCUT2D eigenvalue weighted by atomic mass is 32.2. The van der Waals surface area contributed by atoms with E-state index in [0.717, 1.165) is 50.6 Å². The molecule has 0 spiro atoms. The van der Waals surface area contributed by atoms with Crippen LogP contribution in [0.15, 0.2) is 29.4 Å². The number of likely N-dealkylation sites (tertiary alicyclic amines) is 1. The highest BCUT2D eigenvalue weighted by Crippen LogP contribution is 2.47. The average molecular weight is 511 g/mol. The number of benzene rings is 1. The van der Waals surface area contributed by atoms with Crippen molar-refractivity contribution in [3.8, 4) is 5.75 Å². The van der Waals surface area contributed by atoms with Crippen LogP contribution in [0.3, 0.4) is 0 Å². The topological polar surface area (TPSA) is 75.5 Å². The SMILES string of the molecule is CC(C)n1ncnc1N1CC2=C(CCOc3cc(C4CCN(CC(=O)NC(C)(C)C)CC4)ccc32)S1. The van der Waals surface area contributed by atoms with Gasteiger partial charge in [-0.25, -0.2) is 4.68 Å². The molecule has 1 fully saturated rings. The van der Waals surface area contributed by atoms with Crippen molar-refractivity contribution in [1.29, 1.82) is 0 Å². The van der Waals surface area contributed by atoms with Gasteiger partial charge >= 0.3 is 0 Å². The van der Waals surface area contributed by atoms with Gasteiger partial charge in [0.2, 0.25) is 11.9 Å². The number of rotatable bonds is 5. The summed E-state index contributed by atoms with van der Waals surface area (Å²) in [6, 6.07) is 7.07. The number of aromatic nitrogens is 3. The van der Waals surface area contributed by atoms with Gasteiger partial charge in [0.15, 0.2) is 0 Å². The summed E-state index contributed by atoms with van der Waals surface area (Å²) in [6.45, 7) is 14.2. The van der Waals surface area contributed by atoms with Crippen LogP contribution in [0.1, 0.15) is 77.0 Å². The normalized spacial score (nSPS) is 19.2. The van der Waals surface area contributed by atoms with Crippen molar-refractivity contribution in [1.82, 2.24) is 25.0 Å². The first-order chi connectivity index (χ1) is 17.2. The van der Waals surface area contributed by atoms with Crippen LogP contribution in [0.2, 0.25) is 0 Å². The van der Waals surface area contributed by atoms with E-state index in [2.05, 4.69) is 56.7 Å². The van der Waals surface area contributed by atoms with Gasteiger partial charge in [-0.1, -0.05) is 12.1 Å². The first-order valence-corrected chi connectivity index (χ1v) is 13.8. The molecule has 1 saturated heterocycles. The van der Waals surface area contributed by atoms with E-state index < -0.39 is 0 Å². The van der Waals surface area contributed by atoms with E-state index in [9.17, 15) is 4.79 Å². The Labute approximate surface area is 218 Å². The Balaban J connectivity index is 1.25. The monoisotopic (exact) mass is 510 g/mol. The van der Waals surface area contributed by atoms with Crippen molar-refractivity contribution in [3.05, 3.63) is 40.6 Å². The molecule has 194 valence electrons. The number of piperidine rings is 1. The van der Waals surface area contributed by atoms with Crippen LogP contribution in [-0.4, -0.2) is 63.9 Å². The molecule has 4 heterocycles. The molecule has 2 aromatic rings. The summed E-state index contributed by atoms with van der Waals surface area (Å²) in [5, 5.41) is 7.49. The number of hydrogen-bond acceptors (Lipinski definition) is 7. The molecule has 0 bridgehead atoms. The lowest BCUT2D eigenvalue weighted by molar-refractivity contribution is -0.123. The Kier molecular flexibility index (Phi) is 7.05. The van der Waals surface area contributed by atoms with E-state index in [1.807, 2.05) is 25.5 Å². The molecule has 36 heavy (non-hydrogen) atoms. The highest BCUT2D eigenvalue weighted by molar-refractivity contribution is 8.04. The van der Waals surface area contributed by atoms with Gasteiger partial charge in [-0.05, 0) is 95.6 Å². The molecule has 1 aromatic heterocycles. The van der Waals surface area contributed by atoms with E-state index in [1.54, 1.807) is 18.3 Å². The van der Waals surface area contributed by atoms with Gasteiger partial charge in [0.1, 0.15) is 12.1 Å². The molecule has 8 nitrogen and oxygen atoms in total. The van der Waals surface area contributed by atoms with Crippen molar-refractivity contribution in [2.45, 2.75) is 71.4 Å². The Morgan fingerprint density at radius 2 is 2.03 bits per heavy atom. The molecule has 0 saturated carbocycles. The lowest BCUT2D eigenvalue weighted by Gasteiger charge is -2.33. The van der Waals surface area contributed by atoms with Crippen molar-refractivity contribution in [3.63, 3.8) is 0 Å². The highest BCUT2D eigenvalue weighted by Gasteiger charge is 2.32. The smallest absolute Gasteiger partial charge is 0.234 e. The van der Waals surface area contributed by atoms with E-state index >= 15 is 0 Å². The Hall–Kier alpha value is -2.52. The van der Waals surface area contributed by atoms with Gasteiger partial charge in [0.05, 0.1) is 25.7 Å². The number of ether oxygens (including phenoxy) is 1. The summed E-state index contributed by atoms with van der Waals surface area (Å²) >= 11 is 1.77. The van der Waals surface area contributed by atoms with Crippen molar-refractivity contribution in [2.75, 3.05) is 37.1 Å². The standard InChI is InChI=1S/C27H38N6O2S/c1-18(2)33-26(28-17-29-33)32-15-22-21-7-6-20(14-23(21)35-13-10-24(22)36-32)19-8-11-31(12-9-19)16-25(34)30-27(3,4)5/h6-7,14,17-19H,8-13,15-16H2,1-5H3,(H,30,34). The van der Waals surface area contributed by atoms with E-state index in [0.29, 0.717) is 19.1 Å². The first kappa shape index (κ1) is 25.1. The maximum absolute atomic E-state index is 12.3. The zero-order valence-electron chi connectivity index (χ0n) is 22.1. The van der Waals surface area contributed by atoms with Gasteiger partial charge in [0.25, 0.3) is 0 Å². The van der Waals surface area contributed by atoms with Crippen LogP contribution < -0.4 is 14.4 Å². The van der Waals surface area contributed by atoms with Crippen LogP contribution in [-0.2, 0) is 4.79 Å². The molecule has 9 heteroatoms. The molecule has 0 atom stereocenters. The Morgan fingerprint density at radius 1 is 1.25 bits per heavy atom. The third kappa shape index (κ3) is 5.42. The number of fused-ring (bicyclic) bond motifs is 2.